The van der Waals surface area contributed by atoms with Crippen molar-refractivity contribution in [2.24, 2.45) is 5.92 Å². The van der Waals surface area contributed by atoms with E-state index >= 15 is 0 Å². The summed E-state index contributed by atoms with van der Waals surface area (Å²) in [6, 6.07) is 4.75. The summed E-state index contributed by atoms with van der Waals surface area (Å²) >= 11 is 3.09. The van der Waals surface area contributed by atoms with Gasteiger partial charge in [0.05, 0.1) is 10.4 Å². The van der Waals surface area contributed by atoms with Crippen LogP contribution in [0, 0.1) is 24.1 Å². The molecular formula is C16H18BrFO2. The van der Waals surface area contributed by atoms with Gasteiger partial charge in [-0.3, -0.25) is 4.79 Å². The summed E-state index contributed by atoms with van der Waals surface area (Å²) in [5.41, 5.74) is 0.232. The Labute approximate surface area is 127 Å². The molecule has 0 saturated carbocycles. The van der Waals surface area contributed by atoms with Crippen LogP contribution >= 0.6 is 15.9 Å². The third kappa shape index (κ3) is 4.64. The molecule has 108 valence electrons. The van der Waals surface area contributed by atoms with E-state index in [0.717, 1.165) is 6.42 Å². The number of hydrogen-bond donors (Lipinski definition) is 1. The van der Waals surface area contributed by atoms with Crippen molar-refractivity contribution in [1.29, 1.82) is 0 Å². The second-order valence-corrected chi connectivity index (χ2v) is 5.81. The smallest absolute Gasteiger partial charge is 0.311 e. The Morgan fingerprint density at radius 3 is 2.75 bits per heavy atom. The number of aliphatic carboxylic acids is 1. The van der Waals surface area contributed by atoms with Gasteiger partial charge in [0.25, 0.3) is 0 Å². The molecule has 1 aromatic carbocycles. The van der Waals surface area contributed by atoms with E-state index in [4.69, 9.17) is 6.42 Å². The second kappa shape index (κ2) is 8.06. The summed E-state index contributed by atoms with van der Waals surface area (Å²) in [5, 5.41) is 9.32. The topological polar surface area (TPSA) is 37.3 Å². The third-order valence-corrected chi connectivity index (χ3v) is 4.00. The maximum Gasteiger partial charge on any atom is 0.311 e. The Bertz CT molecular complexity index is 508. The molecule has 4 heteroatoms. The molecule has 1 aromatic rings. The molecule has 0 aliphatic heterocycles. The summed E-state index contributed by atoms with van der Waals surface area (Å²) in [7, 11) is 0. The van der Waals surface area contributed by atoms with Crippen LogP contribution in [0.3, 0.4) is 0 Å². The Balaban J connectivity index is 2.78. The minimum Gasteiger partial charge on any atom is -0.481 e. The van der Waals surface area contributed by atoms with Crippen molar-refractivity contribution in [2.75, 3.05) is 0 Å². The highest BCUT2D eigenvalue weighted by molar-refractivity contribution is 9.10. The van der Waals surface area contributed by atoms with Crippen LogP contribution in [0.25, 0.3) is 0 Å². The number of hydrogen-bond acceptors (Lipinski definition) is 1. The highest BCUT2D eigenvalue weighted by Crippen LogP contribution is 2.30. The molecular weight excluding hydrogens is 323 g/mol. The zero-order chi connectivity index (χ0) is 15.1. The molecule has 0 aliphatic rings. The normalized spacial score (nSPS) is 13.5. The first-order valence-electron chi connectivity index (χ1n) is 6.57. The number of carboxylic acids is 1. The van der Waals surface area contributed by atoms with E-state index in [1.807, 2.05) is 6.92 Å². The number of halogens is 2. The largest absolute Gasteiger partial charge is 0.481 e. The molecule has 0 radical (unpaired) electrons. The Hall–Kier alpha value is -1.34. The van der Waals surface area contributed by atoms with E-state index in [-0.39, 0.29) is 5.56 Å². The van der Waals surface area contributed by atoms with Gasteiger partial charge in [-0.05, 0) is 47.2 Å². The highest BCUT2D eigenvalue weighted by Gasteiger charge is 2.24. The lowest BCUT2D eigenvalue weighted by atomic mass is 9.89. The first-order valence-corrected chi connectivity index (χ1v) is 7.36. The van der Waals surface area contributed by atoms with Crippen molar-refractivity contribution in [3.8, 4) is 12.3 Å². The molecule has 0 amide bonds. The minimum atomic E-state index is -0.994. The summed E-state index contributed by atoms with van der Waals surface area (Å²) < 4.78 is 14.3. The number of terminal acetylenes is 1. The third-order valence-electron chi connectivity index (χ3n) is 3.38. The number of benzene rings is 1. The second-order valence-electron chi connectivity index (χ2n) is 4.96. The predicted octanol–water partition coefficient (Wildman–Crippen LogP) is 4.59. The Morgan fingerprint density at radius 2 is 2.15 bits per heavy atom. The summed E-state index contributed by atoms with van der Waals surface area (Å²) in [4.78, 5) is 11.4. The lowest BCUT2D eigenvalue weighted by Crippen LogP contribution is -2.14. The van der Waals surface area contributed by atoms with Crippen LogP contribution in [0.15, 0.2) is 22.7 Å². The van der Waals surface area contributed by atoms with E-state index in [0.29, 0.717) is 29.7 Å². The lowest BCUT2D eigenvalue weighted by Gasteiger charge is -2.16. The van der Waals surface area contributed by atoms with Crippen molar-refractivity contribution in [2.45, 2.75) is 38.5 Å². The van der Waals surface area contributed by atoms with Crippen LogP contribution in [0.2, 0.25) is 0 Å². The van der Waals surface area contributed by atoms with Crippen molar-refractivity contribution in [3.63, 3.8) is 0 Å². The van der Waals surface area contributed by atoms with Crippen LogP contribution in [0.4, 0.5) is 4.39 Å². The molecule has 1 rings (SSSR count). The standard InChI is InChI=1S/C16H18BrFO2/c1-3-4-6-11(2)9-10-13(16(19)20)12-7-5-8-14(17)15(12)18/h1,5,7-8,11,13H,4,6,9-10H2,2H3,(H,19,20). The van der Waals surface area contributed by atoms with Gasteiger partial charge in [0.2, 0.25) is 0 Å². The van der Waals surface area contributed by atoms with Gasteiger partial charge < -0.3 is 5.11 Å². The first-order chi connectivity index (χ1) is 9.47. The van der Waals surface area contributed by atoms with E-state index in [1.54, 1.807) is 12.1 Å². The fourth-order valence-electron chi connectivity index (χ4n) is 2.13. The van der Waals surface area contributed by atoms with Crippen LogP contribution in [-0.2, 0) is 4.79 Å². The predicted molar refractivity (Wildman–Crippen MR) is 80.9 cm³/mol. The molecule has 0 bridgehead atoms. The first kappa shape index (κ1) is 16.7. The summed E-state index contributed by atoms with van der Waals surface area (Å²) in [5.74, 6) is 0.608. The van der Waals surface area contributed by atoms with Crippen molar-refractivity contribution in [1.82, 2.24) is 0 Å². The molecule has 0 heterocycles. The summed E-state index contributed by atoms with van der Waals surface area (Å²) in [6.07, 6.45) is 7.88. The molecule has 1 N–H and O–H groups in total. The average molecular weight is 341 g/mol. The molecule has 2 unspecified atom stereocenters. The molecule has 2 nitrogen and oxygen atoms in total. The highest BCUT2D eigenvalue weighted by atomic mass is 79.9. The van der Waals surface area contributed by atoms with Gasteiger partial charge in [0, 0.05) is 12.0 Å². The average Bonchev–Trinajstić information content (AvgIpc) is 2.40. The van der Waals surface area contributed by atoms with E-state index < -0.39 is 17.7 Å². The van der Waals surface area contributed by atoms with Gasteiger partial charge in [0.1, 0.15) is 5.82 Å². The van der Waals surface area contributed by atoms with E-state index in [2.05, 4.69) is 21.9 Å². The Morgan fingerprint density at radius 1 is 1.45 bits per heavy atom. The van der Waals surface area contributed by atoms with Crippen LogP contribution < -0.4 is 0 Å². The number of carboxylic acid groups (broad SMARTS) is 1. The van der Waals surface area contributed by atoms with Crippen molar-refractivity contribution < 1.29 is 14.3 Å². The van der Waals surface area contributed by atoms with Gasteiger partial charge in [-0.2, -0.15) is 0 Å². The molecule has 0 aromatic heterocycles. The van der Waals surface area contributed by atoms with E-state index in [1.165, 1.54) is 6.07 Å². The lowest BCUT2D eigenvalue weighted by molar-refractivity contribution is -0.139. The maximum atomic E-state index is 14.0. The molecule has 20 heavy (non-hydrogen) atoms. The van der Waals surface area contributed by atoms with Gasteiger partial charge >= 0.3 is 5.97 Å². The van der Waals surface area contributed by atoms with E-state index in [9.17, 15) is 14.3 Å². The zero-order valence-electron chi connectivity index (χ0n) is 11.4. The molecule has 0 aliphatic carbocycles. The fourth-order valence-corrected chi connectivity index (χ4v) is 2.51. The van der Waals surface area contributed by atoms with Crippen molar-refractivity contribution in [3.05, 3.63) is 34.1 Å². The minimum absolute atomic E-state index is 0.232. The number of rotatable bonds is 7. The molecule has 0 fully saturated rings. The maximum absolute atomic E-state index is 14.0. The van der Waals surface area contributed by atoms with Crippen LogP contribution in [0.5, 0.6) is 0 Å². The Kier molecular flexibility index (Phi) is 6.74. The van der Waals surface area contributed by atoms with Crippen LogP contribution in [-0.4, -0.2) is 11.1 Å². The molecule has 0 spiro atoms. The van der Waals surface area contributed by atoms with Crippen molar-refractivity contribution >= 4 is 21.9 Å². The monoisotopic (exact) mass is 340 g/mol. The van der Waals surface area contributed by atoms with Crippen LogP contribution in [0.1, 0.15) is 44.1 Å². The molecule has 2 atom stereocenters. The molecule has 0 saturated heterocycles. The van der Waals surface area contributed by atoms with Gasteiger partial charge in [-0.25, -0.2) is 4.39 Å². The fraction of sp³-hybridized carbons (Fsp3) is 0.438. The number of carbonyl (C=O) groups is 1. The quantitative estimate of drug-likeness (QED) is 0.737. The van der Waals surface area contributed by atoms with Gasteiger partial charge in [0.15, 0.2) is 0 Å². The van der Waals surface area contributed by atoms with Gasteiger partial charge in [-0.15, -0.1) is 12.3 Å². The zero-order valence-corrected chi connectivity index (χ0v) is 13.0. The summed E-state index contributed by atoms with van der Waals surface area (Å²) in [6.45, 7) is 2.04. The SMILES string of the molecule is C#CCCC(C)CCC(C(=O)O)c1cccc(Br)c1F. The van der Waals surface area contributed by atoms with Gasteiger partial charge in [-0.1, -0.05) is 19.1 Å².